The molecule has 0 atom stereocenters. The molecule has 0 bridgehead atoms. The van der Waals surface area contributed by atoms with Gasteiger partial charge < -0.3 is 20.7 Å². The molecule has 24 heavy (non-hydrogen) atoms. The van der Waals surface area contributed by atoms with Crippen LogP contribution in [0.25, 0.3) is 0 Å². The van der Waals surface area contributed by atoms with Gasteiger partial charge in [0.1, 0.15) is 11.6 Å². The lowest BCUT2D eigenvalue weighted by Gasteiger charge is -2.22. The number of rotatable bonds is 6. The van der Waals surface area contributed by atoms with Crippen molar-refractivity contribution in [3.8, 4) is 5.75 Å². The van der Waals surface area contributed by atoms with Crippen molar-refractivity contribution in [3.05, 3.63) is 24.0 Å². The minimum absolute atomic E-state index is 0.124. The number of benzene rings is 1. The zero-order valence-electron chi connectivity index (χ0n) is 13.9. The van der Waals surface area contributed by atoms with Crippen LogP contribution in [0.4, 0.5) is 14.9 Å². The summed E-state index contributed by atoms with van der Waals surface area (Å²) in [5.74, 6) is -0.463. The molecule has 0 aromatic heterocycles. The van der Waals surface area contributed by atoms with Gasteiger partial charge in [-0.3, -0.25) is 4.79 Å². The smallest absolute Gasteiger partial charge is 0.315 e. The highest BCUT2D eigenvalue weighted by Gasteiger charge is 2.15. The fourth-order valence-electron chi connectivity index (χ4n) is 2.75. The molecule has 0 radical (unpaired) electrons. The highest BCUT2D eigenvalue weighted by Crippen LogP contribution is 2.24. The predicted octanol–water partition coefficient (Wildman–Crippen LogP) is 2.79. The zero-order valence-corrected chi connectivity index (χ0v) is 13.9. The van der Waals surface area contributed by atoms with E-state index >= 15 is 0 Å². The molecule has 2 rings (SSSR count). The maximum Gasteiger partial charge on any atom is 0.315 e. The van der Waals surface area contributed by atoms with E-state index in [9.17, 15) is 14.0 Å². The summed E-state index contributed by atoms with van der Waals surface area (Å²) in [6.07, 6.45) is 5.67. The first kappa shape index (κ1) is 18.0. The number of amides is 3. The van der Waals surface area contributed by atoms with E-state index in [2.05, 4.69) is 16.0 Å². The Bertz CT molecular complexity index is 574. The van der Waals surface area contributed by atoms with Gasteiger partial charge in [-0.25, -0.2) is 9.18 Å². The molecule has 0 unspecified atom stereocenters. The van der Waals surface area contributed by atoms with Crippen LogP contribution in [0.1, 0.15) is 38.5 Å². The molecule has 6 nitrogen and oxygen atoms in total. The van der Waals surface area contributed by atoms with Crippen LogP contribution in [0, 0.1) is 5.82 Å². The van der Waals surface area contributed by atoms with Crippen LogP contribution in [0.15, 0.2) is 18.2 Å². The van der Waals surface area contributed by atoms with Crippen molar-refractivity contribution in [3.63, 3.8) is 0 Å². The Morgan fingerprint density at radius 3 is 2.71 bits per heavy atom. The van der Waals surface area contributed by atoms with E-state index < -0.39 is 5.82 Å². The molecule has 3 amide bonds. The van der Waals surface area contributed by atoms with Crippen LogP contribution in [-0.4, -0.2) is 31.6 Å². The van der Waals surface area contributed by atoms with Gasteiger partial charge in [0.2, 0.25) is 5.91 Å². The Morgan fingerprint density at radius 2 is 2.00 bits per heavy atom. The third-order valence-electron chi connectivity index (χ3n) is 4.02. The fraction of sp³-hybridized carbons (Fsp3) is 0.529. The van der Waals surface area contributed by atoms with Crippen LogP contribution in [0.3, 0.4) is 0 Å². The summed E-state index contributed by atoms with van der Waals surface area (Å²) in [7, 11) is 1.40. The van der Waals surface area contributed by atoms with Crippen LogP contribution in [0.5, 0.6) is 5.75 Å². The summed E-state index contributed by atoms with van der Waals surface area (Å²) >= 11 is 0. The number of ether oxygens (including phenoxy) is 1. The number of hydrogen-bond acceptors (Lipinski definition) is 3. The third-order valence-corrected chi connectivity index (χ3v) is 4.02. The van der Waals surface area contributed by atoms with Gasteiger partial charge in [-0.2, -0.15) is 0 Å². The highest BCUT2D eigenvalue weighted by molar-refractivity contribution is 5.92. The van der Waals surface area contributed by atoms with E-state index in [4.69, 9.17) is 4.74 Å². The molecule has 3 N–H and O–H groups in total. The fourth-order valence-corrected chi connectivity index (χ4v) is 2.75. The molecule has 1 fully saturated rings. The van der Waals surface area contributed by atoms with Crippen LogP contribution < -0.4 is 20.7 Å². The molecule has 0 spiro atoms. The number of nitrogens with one attached hydrogen (secondary N) is 3. The minimum Gasteiger partial charge on any atom is -0.494 e. The largest absolute Gasteiger partial charge is 0.494 e. The number of urea groups is 1. The highest BCUT2D eigenvalue weighted by atomic mass is 19.1. The lowest BCUT2D eigenvalue weighted by molar-refractivity contribution is -0.116. The Kier molecular flexibility index (Phi) is 6.84. The quantitative estimate of drug-likeness (QED) is 0.747. The molecule has 0 aliphatic heterocycles. The van der Waals surface area contributed by atoms with Gasteiger partial charge in [0.05, 0.1) is 12.8 Å². The first-order valence-corrected chi connectivity index (χ1v) is 8.26. The maximum atomic E-state index is 13.1. The second kappa shape index (κ2) is 9.10. The summed E-state index contributed by atoms with van der Waals surface area (Å²) < 4.78 is 18.1. The van der Waals surface area contributed by atoms with Crippen LogP contribution in [0.2, 0.25) is 0 Å². The van der Waals surface area contributed by atoms with Crippen molar-refractivity contribution in [2.75, 3.05) is 19.0 Å². The minimum atomic E-state index is -0.439. The number of hydrogen-bond donors (Lipinski definition) is 3. The van der Waals surface area contributed by atoms with Crippen LogP contribution >= 0.6 is 0 Å². The van der Waals surface area contributed by atoms with Gasteiger partial charge in [0, 0.05) is 25.1 Å². The first-order valence-electron chi connectivity index (χ1n) is 8.26. The van der Waals surface area contributed by atoms with Gasteiger partial charge in [-0.1, -0.05) is 19.3 Å². The summed E-state index contributed by atoms with van der Waals surface area (Å²) in [6.45, 7) is 0.230. The standard InChI is InChI=1S/C17H24FN3O3/c1-24-15-11-12(18)7-8-14(15)21-16(22)9-10-19-17(23)20-13-5-3-2-4-6-13/h7-8,11,13H,2-6,9-10H2,1H3,(H,21,22)(H2,19,20,23). The molecule has 7 heteroatoms. The average Bonchev–Trinajstić information content (AvgIpc) is 2.57. The van der Waals surface area contributed by atoms with Gasteiger partial charge in [-0.05, 0) is 25.0 Å². The first-order chi connectivity index (χ1) is 11.6. The van der Waals surface area contributed by atoms with E-state index in [1.54, 1.807) is 0 Å². The molecular formula is C17H24FN3O3. The Balaban J connectivity index is 1.70. The number of carbonyl (C=O) groups is 2. The van der Waals surface area contributed by atoms with Gasteiger partial charge in [0.15, 0.2) is 0 Å². The van der Waals surface area contributed by atoms with E-state index in [0.29, 0.717) is 5.69 Å². The topological polar surface area (TPSA) is 79.5 Å². The maximum absolute atomic E-state index is 13.1. The SMILES string of the molecule is COc1cc(F)ccc1NC(=O)CCNC(=O)NC1CCCCC1. The summed E-state index contributed by atoms with van der Waals surface area (Å²) in [4.78, 5) is 23.7. The van der Waals surface area contributed by atoms with Crippen molar-refractivity contribution in [2.24, 2.45) is 0 Å². The van der Waals surface area contributed by atoms with Crippen molar-refractivity contribution in [1.82, 2.24) is 10.6 Å². The Labute approximate surface area is 141 Å². The van der Waals surface area contributed by atoms with Crippen LogP contribution in [-0.2, 0) is 4.79 Å². The molecule has 1 aliphatic carbocycles. The third kappa shape index (κ3) is 5.72. The van der Waals surface area contributed by atoms with Crippen molar-refractivity contribution >= 4 is 17.6 Å². The number of anilines is 1. The van der Waals surface area contributed by atoms with Gasteiger partial charge in [0.25, 0.3) is 0 Å². The zero-order chi connectivity index (χ0) is 17.4. The van der Waals surface area contributed by atoms with Gasteiger partial charge in [-0.15, -0.1) is 0 Å². The van der Waals surface area contributed by atoms with E-state index in [-0.39, 0.29) is 36.7 Å². The lowest BCUT2D eigenvalue weighted by Crippen LogP contribution is -2.43. The second-order valence-corrected chi connectivity index (χ2v) is 5.88. The Hall–Kier alpha value is -2.31. The Morgan fingerprint density at radius 1 is 1.25 bits per heavy atom. The normalized spacial score (nSPS) is 14.8. The summed E-state index contributed by atoms with van der Waals surface area (Å²) in [5, 5.41) is 8.25. The molecular weight excluding hydrogens is 313 g/mol. The van der Waals surface area contributed by atoms with E-state index in [1.807, 2.05) is 0 Å². The van der Waals surface area contributed by atoms with Crippen molar-refractivity contribution in [2.45, 2.75) is 44.6 Å². The second-order valence-electron chi connectivity index (χ2n) is 5.88. The molecule has 1 aliphatic rings. The molecule has 1 aromatic rings. The molecule has 1 aromatic carbocycles. The molecule has 0 heterocycles. The van der Waals surface area contributed by atoms with E-state index in [0.717, 1.165) is 25.7 Å². The molecule has 1 saturated carbocycles. The summed E-state index contributed by atoms with van der Waals surface area (Å²) in [6, 6.07) is 3.87. The number of halogens is 1. The van der Waals surface area contributed by atoms with Gasteiger partial charge >= 0.3 is 6.03 Å². The van der Waals surface area contributed by atoms with Crippen molar-refractivity contribution in [1.29, 1.82) is 0 Å². The molecule has 0 saturated heterocycles. The van der Waals surface area contributed by atoms with E-state index in [1.165, 1.54) is 31.7 Å². The number of carbonyl (C=O) groups excluding carboxylic acids is 2. The molecule has 132 valence electrons. The summed E-state index contributed by atoms with van der Waals surface area (Å²) in [5.41, 5.74) is 0.399. The average molecular weight is 337 g/mol. The number of methoxy groups -OCH3 is 1. The predicted molar refractivity (Wildman–Crippen MR) is 89.6 cm³/mol. The van der Waals surface area contributed by atoms with Crippen molar-refractivity contribution < 1.29 is 18.7 Å². The monoisotopic (exact) mass is 337 g/mol. The lowest BCUT2D eigenvalue weighted by atomic mass is 9.96.